The van der Waals surface area contributed by atoms with E-state index in [0.29, 0.717) is 5.92 Å². The standard InChI is InChI=1S/C11H14ClNO/c12-10-3-1-8(2-4-10)11(13)9-5-6-14-7-9/h1-4,9,11H,5-7,13H2/t9-,11-/m0/s1. The van der Waals surface area contributed by atoms with Gasteiger partial charge in [0.2, 0.25) is 0 Å². The van der Waals surface area contributed by atoms with E-state index in [1.165, 1.54) is 0 Å². The summed E-state index contributed by atoms with van der Waals surface area (Å²) in [7, 11) is 0. The Labute approximate surface area is 89.0 Å². The molecule has 1 aromatic rings. The summed E-state index contributed by atoms with van der Waals surface area (Å²) in [6, 6.07) is 7.82. The fourth-order valence-corrected chi connectivity index (χ4v) is 1.92. The maximum atomic E-state index is 6.13. The lowest BCUT2D eigenvalue weighted by Crippen LogP contribution is -2.21. The van der Waals surface area contributed by atoms with Crippen molar-refractivity contribution in [3.8, 4) is 0 Å². The Kier molecular flexibility index (Phi) is 3.06. The van der Waals surface area contributed by atoms with E-state index in [-0.39, 0.29) is 6.04 Å². The maximum absolute atomic E-state index is 6.13. The lowest BCUT2D eigenvalue weighted by molar-refractivity contribution is 0.181. The van der Waals surface area contributed by atoms with Crippen LogP contribution < -0.4 is 5.73 Å². The van der Waals surface area contributed by atoms with Crippen molar-refractivity contribution in [1.29, 1.82) is 0 Å². The van der Waals surface area contributed by atoms with Crippen molar-refractivity contribution in [3.05, 3.63) is 34.9 Å². The molecule has 0 saturated carbocycles. The summed E-state index contributed by atoms with van der Waals surface area (Å²) in [6.07, 6.45) is 1.06. The van der Waals surface area contributed by atoms with E-state index in [4.69, 9.17) is 22.1 Å². The third-order valence-corrected chi connectivity index (χ3v) is 2.98. The van der Waals surface area contributed by atoms with Crippen LogP contribution in [0.3, 0.4) is 0 Å². The summed E-state index contributed by atoms with van der Waals surface area (Å²) >= 11 is 5.81. The Hall–Kier alpha value is -0.570. The van der Waals surface area contributed by atoms with Crippen molar-refractivity contribution in [2.45, 2.75) is 12.5 Å². The highest BCUT2D eigenvalue weighted by atomic mass is 35.5. The first-order valence-corrected chi connectivity index (χ1v) is 5.24. The van der Waals surface area contributed by atoms with Gasteiger partial charge in [-0.1, -0.05) is 23.7 Å². The van der Waals surface area contributed by atoms with Gasteiger partial charge in [-0.15, -0.1) is 0 Å². The van der Waals surface area contributed by atoms with Gasteiger partial charge in [-0.3, -0.25) is 0 Å². The van der Waals surface area contributed by atoms with Crippen LogP contribution in [0.2, 0.25) is 5.02 Å². The molecular formula is C11H14ClNO. The molecule has 0 aromatic heterocycles. The minimum absolute atomic E-state index is 0.0785. The number of ether oxygens (including phenoxy) is 1. The fraction of sp³-hybridized carbons (Fsp3) is 0.455. The molecule has 0 amide bonds. The topological polar surface area (TPSA) is 35.2 Å². The lowest BCUT2D eigenvalue weighted by Gasteiger charge is -2.17. The first-order valence-electron chi connectivity index (χ1n) is 4.86. The summed E-state index contributed by atoms with van der Waals surface area (Å²) in [4.78, 5) is 0. The van der Waals surface area contributed by atoms with E-state index in [1.54, 1.807) is 0 Å². The molecule has 1 saturated heterocycles. The van der Waals surface area contributed by atoms with Crippen LogP contribution in [0.4, 0.5) is 0 Å². The average Bonchev–Trinajstić information content (AvgIpc) is 2.71. The van der Waals surface area contributed by atoms with Gasteiger partial charge in [0, 0.05) is 23.6 Å². The zero-order valence-corrected chi connectivity index (χ0v) is 8.70. The molecule has 1 heterocycles. The normalized spacial score (nSPS) is 23.7. The summed E-state index contributed by atoms with van der Waals surface area (Å²) in [5, 5.41) is 0.753. The van der Waals surface area contributed by atoms with E-state index < -0.39 is 0 Å². The van der Waals surface area contributed by atoms with Gasteiger partial charge >= 0.3 is 0 Å². The van der Waals surface area contributed by atoms with Crippen molar-refractivity contribution < 1.29 is 4.74 Å². The highest BCUT2D eigenvalue weighted by molar-refractivity contribution is 6.30. The molecule has 0 unspecified atom stereocenters. The van der Waals surface area contributed by atoms with Gasteiger partial charge in [0.05, 0.1) is 6.61 Å². The third-order valence-electron chi connectivity index (χ3n) is 2.73. The molecule has 1 aliphatic rings. The zero-order valence-electron chi connectivity index (χ0n) is 7.95. The average molecular weight is 212 g/mol. The second kappa shape index (κ2) is 4.30. The Morgan fingerprint density at radius 1 is 1.36 bits per heavy atom. The van der Waals surface area contributed by atoms with Gasteiger partial charge in [0.1, 0.15) is 0 Å². The van der Waals surface area contributed by atoms with Crippen LogP contribution in [0.25, 0.3) is 0 Å². The molecule has 0 aliphatic carbocycles. The quantitative estimate of drug-likeness (QED) is 0.815. The molecular weight excluding hydrogens is 198 g/mol. The Morgan fingerprint density at radius 2 is 2.07 bits per heavy atom. The van der Waals surface area contributed by atoms with Gasteiger partial charge < -0.3 is 10.5 Å². The molecule has 14 heavy (non-hydrogen) atoms. The monoisotopic (exact) mass is 211 g/mol. The minimum atomic E-state index is 0.0785. The number of nitrogens with two attached hydrogens (primary N) is 1. The molecule has 2 atom stereocenters. The van der Waals surface area contributed by atoms with E-state index in [1.807, 2.05) is 24.3 Å². The van der Waals surface area contributed by atoms with Crippen LogP contribution >= 0.6 is 11.6 Å². The van der Waals surface area contributed by atoms with Crippen LogP contribution in [0, 0.1) is 5.92 Å². The third kappa shape index (κ3) is 2.08. The molecule has 76 valence electrons. The first-order chi connectivity index (χ1) is 6.77. The van der Waals surface area contributed by atoms with Gasteiger partial charge in [0.15, 0.2) is 0 Å². The molecule has 0 spiro atoms. The van der Waals surface area contributed by atoms with Crippen LogP contribution in [0.15, 0.2) is 24.3 Å². The molecule has 1 aromatic carbocycles. The van der Waals surface area contributed by atoms with Crippen LogP contribution in [0.5, 0.6) is 0 Å². The second-order valence-corrected chi connectivity index (χ2v) is 4.14. The van der Waals surface area contributed by atoms with Crippen LogP contribution in [-0.4, -0.2) is 13.2 Å². The number of hydrogen-bond donors (Lipinski definition) is 1. The Morgan fingerprint density at radius 3 is 2.64 bits per heavy atom. The van der Waals surface area contributed by atoms with Crippen molar-refractivity contribution in [2.24, 2.45) is 11.7 Å². The minimum Gasteiger partial charge on any atom is -0.381 e. The number of rotatable bonds is 2. The van der Waals surface area contributed by atoms with Gasteiger partial charge in [0.25, 0.3) is 0 Å². The SMILES string of the molecule is N[C@@H](c1ccc(Cl)cc1)[C@H]1CCOC1. The summed E-state index contributed by atoms with van der Waals surface area (Å²) in [6.45, 7) is 1.62. The lowest BCUT2D eigenvalue weighted by atomic mass is 9.93. The van der Waals surface area contributed by atoms with Gasteiger partial charge in [-0.2, -0.15) is 0 Å². The molecule has 0 radical (unpaired) electrons. The highest BCUT2D eigenvalue weighted by Gasteiger charge is 2.23. The number of hydrogen-bond acceptors (Lipinski definition) is 2. The molecule has 0 bridgehead atoms. The Bertz CT molecular complexity index is 293. The molecule has 1 aliphatic heterocycles. The second-order valence-electron chi connectivity index (χ2n) is 3.70. The van der Waals surface area contributed by atoms with Crippen LogP contribution in [0.1, 0.15) is 18.0 Å². The molecule has 2 N–H and O–H groups in total. The highest BCUT2D eigenvalue weighted by Crippen LogP contribution is 2.27. The molecule has 1 fully saturated rings. The first kappa shape index (κ1) is 9.97. The molecule has 3 heteroatoms. The van der Waals surface area contributed by atoms with Crippen LogP contribution in [-0.2, 0) is 4.74 Å². The van der Waals surface area contributed by atoms with Gasteiger partial charge in [-0.05, 0) is 24.1 Å². The molecule has 2 nitrogen and oxygen atoms in total. The van der Waals surface area contributed by atoms with Crippen molar-refractivity contribution >= 4 is 11.6 Å². The predicted molar refractivity (Wildman–Crippen MR) is 57.3 cm³/mol. The van der Waals surface area contributed by atoms with Crippen molar-refractivity contribution in [3.63, 3.8) is 0 Å². The number of halogens is 1. The summed E-state index contributed by atoms with van der Waals surface area (Å²) in [5.74, 6) is 0.455. The van der Waals surface area contributed by atoms with E-state index >= 15 is 0 Å². The molecule has 2 rings (SSSR count). The van der Waals surface area contributed by atoms with E-state index in [0.717, 1.165) is 30.2 Å². The summed E-state index contributed by atoms with van der Waals surface area (Å²) in [5.41, 5.74) is 7.27. The van der Waals surface area contributed by atoms with E-state index in [2.05, 4.69) is 0 Å². The predicted octanol–water partition coefficient (Wildman–Crippen LogP) is 2.38. The van der Waals surface area contributed by atoms with E-state index in [9.17, 15) is 0 Å². The van der Waals surface area contributed by atoms with Crippen molar-refractivity contribution in [1.82, 2.24) is 0 Å². The zero-order chi connectivity index (χ0) is 9.97. The summed E-state index contributed by atoms with van der Waals surface area (Å²) < 4.78 is 5.32. The Balaban J connectivity index is 2.09. The largest absolute Gasteiger partial charge is 0.381 e. The fourth-order valence-electron chi connectivity index (χ4n) is 1.79. The smallest absolute Gasteiger partial charge is 0.0513 e. The van der Waals surface area contributed by atoms with Gasteiger partial charge in [-0.25, -0.2) is 0 Å². The van der Waals surface area contributed by atoms with Crippen molar-refractivity contribution in [2.75, 3.05) is 13.2 Å². The number of benzene rings is 1. The maximum Gasteiger partial charge on any atom is 0.0513 e.